The van der Waals surface area contributed by atoms with Gasteiger partial charge in [-0.15, -0.1) is 0 Å². The monoisotopic (exact) mass is 603 g/mol. The van der Waals surface area contributed by atoms with Crippen molar-refractivity contribution in [3.63, 3.8) is 0 Å². The number of rotatable bonds is 9. The Morgan fingerprint density at radius 2 is 1.60 bits per heavy atom. The summed E-state index contributed by atoms with van der Waals surface area (Å²) in [5, 5.41) is 14.5. The van der Waals surface area contributed by atoms with Gasteiger partial charge in [-0.05, 0) is 145 Å². The van der Waals surface area contributed by atoms with E-state index in [1.54, 1.807) is 0 Å². The van der Waals surface area contributed by atoms with Gasteiger partial charge in [0.05, 0.1) is 11.5 Å². The molecule has 0 saturated heterocycles. The molecule has 4 rings (SSSR count). The average Bonchev–Trinajstić information content (AvgIpc) is 3.27. The number of nitrogens with one attached hydrogen (secondary N) is 1. The molecule has 0 aromatic heterocycles. The summed E-state index contributed by atoms with van der Waals surface area (Å²) in [5.74, 6) is 2.08. The molecule has 2 N–H and O–H groups in total. The summed E-state index contributed by atoms with van der Waals surface area (Å²) in [4.78, 5) is 37.4. The summed E-state index contributed by atoms with van der Waals surface area (Å²) >= 11 is 0. The highest BCUT2D eigenvalue weighted by Crippen LogP contribution is 2.68. The quantitative estimate of drug-likeness (QED) is 0.280. The highest BCUT2D eigenvalue weighted by atomic mass is 16.6. The maximum Gasteiger partial charge on any atom is 0.325 e. The Kier molecular flexibility index (Phi) is 10.1. The first-order valence-corrected chi connectivity index (χ1v) is 17.3. The van der Waals surface area contributed by atoms with E-state index in [1.807, 2.05) is 41.5 Å². The van der Waals surface area contributed by atoms with Gasteiger partial charge in [0.15, 0.2) is 0 Å². The lowest BCUT2D eigenvalue weighted by atomic mass is 9.43. The molecular formula is C36H61NO6. The lowest BCUT2D eigenvalue weighted by Gasteiger charge is -2.62. The van der Waals surface area contributed by atoms with Crippen molar-refractivity contribution in [2.75, 3.05) is 6.54 Å². The molecule has 4 aliphatic rings. The first kappa shape index (κ1) is 34.2. The van der Waals surface area contributed by atoms with Gasteiger partial charge in [-0.1, -0.05) is 27.7 Å². The summed E-state index contributed by atoms with van der Waals surface area (Å²) < 4.78 is 11.4. The van der Waals surface area contributed by atoms with Gasteiger partial charge in [0.25, 0.3) is 0 Å². The molecule has 1 amide bonds. The lowest BCUT2D eigenvalue weighted by molar-refractivity contribution is -0.186. The fourth-order valence-electron chi connectivity index (χ4n) is 9.92. The first-order chi connectivity index (χ1) is 19.9. The smallest absolute Gasteiger partial charge is 0.325 e. The number of carbonyl (C=O) groups is 3. The SMILES string of the molecule is CCC(C)(C)C(=O)OC1CC[C@@]2(C)C(C1)CC(O)C1C3CCC(C(C)CCC(=O)NCC(=O)OC(C)(C)C)[C@@]3(C)CCC12. The van der Waals surface area contributed by atoms with Gasteiger partial charge in [0.2, 0.25) is 5.91 Å². The third-order valence-electron chi connectivity index (χ3n) is 12.8. The molecule has 0 bridgehead atoms. The molecule has 10 atom stereocenters. The van der Waals surface area contributed by atoms with Crippen LogP contribution in [-0.2, 0) is 23.9 Å². The molecule has 7 nitrogen and oxygen atoms in total. The summed E-state index contributed by atoms with van der Waals surface area (Å²) in [6, 6.07) is 0. The van der Waals surface area contributed by atoms with Gasteiger partial charge in [-0.2, -0.15) is 0 Å². The van der Waals surface area contributed by atoms with Crippen molar-refractivity contribution in [3.05, 3.63) is 0 Å². The van der Waals surface area contributed by atoms with E-state index in [0.29, 0.717) is 41.9 Å². The number of amides is 1. The first-order valence-electron chi connectivity index (χ1n) is 17.3. The van der Waals surface area contributed by atoms with E-state index in [4.69, 9.17) is 9.47 Å². The second-order valence-corrected chi connectivity index (χ2v) is 16.9. The minimum absolute atomic E-state index is 0.0351. The molecule has 4 saturated carbocycles. The standard InChI is InChI=1S/C36H61NO6/c1-10-34(6,7)32(41)42-24-15-17-35(8)23(19-24)20-28(38)31-26-13-12-25(36(26,9)18-16-27(31)35)22(2)11-14-29(39)37-21-30(40)43-33(3,4)5/h22-28,31,38H,10-21H2,1-9H3,(H,37,39)/t22?,23?,24?,25?,26?,27?,28?,31?,35-,36+/m0/s1. The molecule has 0 aliphatic heterocycles. The predicted octanol–water partition coefficient (Wildman–Crippen LogP) is 6.84. The van der Waals surface area contributed by atoms with Crippen molar-refractivity contribution in [2.24, 2.45) is 51.8 Å². The Balaban J connectivity index is 1.35. The Morgan fingerprint density at radius 3 is 2.26 bits per heavy atom. The van der Waals surface area contributed by atoms with E-state index < -0.39 is 17.0 Å². The molecule has 0 radical (unpaired) electrons. The molecule has 246 valence electrons. The van der Waals surface area contributed by atoms with Crippen molar-refractivity contribution < 1.29 is 29.0 Å². The van der Waals surface area contributed by atoms with Gasteiger partial charge in [0, 0.05) is 6.42 Å². The second-order valence-electron chi connectivity index (χ2n) is 16.9. The lowest BCUT2D eigenvalue weighted by Crippen LogP contribution is -2.59. The number of fused-ring (bicyclic) bond motifs is 5. The molecular weight excluding hydrogens is 542 g/mol. The van der Waals surface area contributed by atoms with Gasteiger partial charge in [-0.25, -0.2) is 0 Å². The summed E-state index contributed by atoms with van der Waals surface area (Å²) in [6.07, 6.45) is 9.96. The Hall–Kier alpha value is -1.63. The Morgan fingerprint density at radius 1 is 0.953 bits per heavy atom. The fourth-order valence-corrected chi connectivity index (χ4v) is 9.92. The van der Waals surface area contributed by atoms with Gasteiger partial charge >= 0.3 is 11.9 Å². The van der Waals surface area contributed by atoms with Crippen LogP contribution in [0.15, 0.2) is 0 Å². The van der Waals surface area contributed by atoms with Crippen LogP contribution in [-0.4, -0.2) is 47.3 Å². The van der Waals surface area contributed by atoms with E-state index in [1.165, 1.54) is 6.42 Å². The molecule has 0 aromatic carbocycles. The largest absolute Gasteiger partial charge is 0.462 e. The zero-order valence-corrected chi connectivity index (χ0v) is 28.6. The highest BCUT2D eigenvalue weighted by molar-refractivity contribution is 5.82. The van der Waals surface area contributed by atoms with Crippen molar-refractivity contribution >= 4 is 17.8 Å². The van der Waals surface area contributed by atoms with Crippen molar-refractivity contribution in [1.29, 1.82) is 0 Å². The highest BCUT2D eigenvalue weighted by Gasteiger charge is 2.63. The van der Waals surface area contributed by atoms with Crippen LogP contribution in [0.4, 0.5) is 0 Å². The fraction of sp³-hybridized carbons (Fsp3) is 0.917. The van der Waals surface area contributed by atoms with Crippen molar-refractivity contribution in [1.82, 2.24) is 5.32 Å². The maximum atomic E-state index is 12.8. The van der Waals surface area contributed by atoms with Crippen LogP contribution in [0.25, 0.3) is 0 Å². The summed E-state index contributed by atoms with van der Waals surface area (Å²) in [5.41, 5.74) is -0.652. The van der Waals surface area contributed by atoms with Crippen molar-refractivity contribution in [2.45, 2.75) is 151 Å². The number of carbonyl (C=O) groups excluding carboxylic acids is 3. The van der Waals surface area contributed by atoms with E-state index >= 15 is 0 Å². The van der Waals surface area contributed by atoms with Crippen LogP contribution in [0.1, 0.15) is 133 Å². The molecule has 0 heterocycles. The molecule has 8 unspecified atom stereocenters. The van der Waals surface area contributed by atoms with E-state index in [0.717, 1.165) is 57.8 Å². The van der Waals surface area contributed by atoms with E-state index in [9.17, 15) is 19.5 Å². The molecule has 4 fully saturated rings. The van der Waals surface area contributed by atoms with Gasteiger partial charge in [-0.3, -0.25) is 14.4 Å². The second kappa shape index (κ2) is 12.6. The zero-order valence-electron chi connectivity index (χ0n) is 28.6. The molecule has 0 aromatic rings. The minimum atomic E-state index is -0.562. The molecule has 43 heavy (non-hydrogen) atoms. The average molecular weight is 604 g/mol. The van der Waals surface area contributed by atoms with E-state index in [-0.39, 0.29) is 41.5 Å². The zero-order chi connectivity index (χ0) is 32.0. The normalized spacial score (nSPS) is 38.2. The number of esters is 2. The topological polar surface area (TPSA) is 102 Å². The molecule has 0 spiro atoms. The minimum Gasteiger partial charge on any atom is -0.462 e. The third-order valence-corrected chi connectivity index (χ3v) is 12.8. The van der Waals surface area contributed by atoms with Crippen molar-refractivity contribution in [3.8, 4) is 0 Å². The Bertz CT molecular complexity index is 1030. The number of aliphatic hydroxyl groups excluding tert-OH is 1. The van der Waals surface area contributed by atoms with Crippen LogP contribution >= 0.6 is 0 Å². The van der Waals surface area contributed by atoms with Crippen LogP contribution in [0.2, 0.25) is 0 Å². The number of hydrogen-bond donors (Lipinski definition) is 2. The number of ether oxygens (including phenoxy) is 2. The summed E-state index contributed by atoms with van der Waals surface area (Å²) in [6.45, 7) is 18.6. The number of aliphatic hydroxyl groups is 1. The number of hydrogen-bond acceptors (Lipinski definition) is 6. The maximum absolute atomic E-state index is 12.8. The molecule has 4 aliphatic carbocycles. The Labute approximate surface area is 261 Å². The van der Waals surface area contributed by atoms with Gasteiger partial charge in [0.1, 0.15) is 18.2 Å². The summed E-state index contributed by atoms with van der Waals surface area (Å²) in [7, 11) is 0. The van der Waals surface area contributed by atoms with Crippen LogP contribution < -0.4 is 5.32 Å². The van der Waals surface area contributed by atoms with Crippen LogP contribution in [0, 0.1) is 51.8 Å². The van der Waals surface area contributed by atoms with Gasteiger partial charge < -0.3 is 19.9 Å². The van der Waals surface area contributed by atoms with Crippen LogP contribution in [0.5, 0.6) is 0 Å². The predicted molar refractivity (Wildman–Crippen MR) is 168 cm³/mol. The third kappa shape index (κ3) is 7.12. The molecule has 7 heteroatoms. The van der Waals surface area contributed by atoms with Crippen LogP contribution in [0.3, 0.4) is 0 Å². The van der Waals surface area contributed by atoms with E-state index in [2.05, 4.69) is 26.1 Å².